The van der Waals surface area contributed by atoms with Gasteiger partial charge in [-0.1, -0.05) is 6.42 Å². The van der Waals surface area contributed by atoms with Gasteiger partial charge in [0.2, 0.25) is 0 Å². The maximum absolute atomic E-state index is 5.60. The lowest BCUT2D eigenvalue weighted by molar-refractivity contribution is 0.404. The van der Waals surface area contributed by atoms with Crippen LogP contribution in [0.1, 0.15) is 43.1 Å². The lowest BCUT2D eigenvalue weighted by Gasteiger charge is -2.20. The van der Waals surface area contributed by atoms with Crippen molar-refractivity contribution in [2.75, 3.05) is 0 Å². The Bertz CT molecular complexity index is 364. The predicted octanol–water partition coefficient (Wildman–Crippen LogP) is 1.84. The summed E-state index contributed by atoms with van der Waals surface area (Å²) in [5.41, 5.74) is 6.58. The van der Waals surface area contributed by atoms with Crippen LogP contribution in [0.4, 0.5) is 0 Å². The van der Waals surface area contributed by atoms with Gasteiger partial charge in [-0.25, -0.2) is 9.97 Å². The fourth-order valence-corrected chi connectivity index (χ4v) is 3.27. The van der Waals surface area contributed by atoms with Gasteiger partial charge in [-0.15, -0.1) is 0 Å². The van der Waals surface area contributed by atoms with Crippen molar-refractivity contribution in [3.8, 4) is 0 Å². The first kappa shape index (κ1) is 9.28. The molecule has 0 amide bonds. The Morgan fingerprint density at radius 1 is 1.33 bits per heavy atom. The zero-order valence-corrected chi connectivity index (χ0v) is 8.89. The van der Waals surface area contributed by atoms with Crippen LogP contribution in [0.25, 0.3) is 0 Å². The zero-order valence-electron chi connectivity index (χ0n) is 8.89. The number of fused-ring (bicyclic) bond motifs is 2. The van der Waals surface area contributed by atoms with Crippen molar-refractivity contribution >= 4 is 0 Å². The summed E-state index contributed by atoms with van der Waals surface area (Å²) in [6.07, 6.45) is 7.37. The second-order valence-electron chi connectivity index (χ2n) is 4.89. The Morgan fingerprint density at radius 3 is 2.93 bits per heavy atom. The average Bonchev–Trinajstić information content (AvgIpc) is 2.91. The van der Waals surface area contributed by atoms with Crippen molar-refractivity contribution in [3.05, 3.63) is 23.8 Å². The molecule has 1 heterocycles. The summed E-state index contributed by atoms with van der Waals surface area (Å²) in [4.78, 5) is 8.98. The van der Waals surface area contributed by atoms with Gasteiger partial charge in [-0.05, 0) is 37.2 Å². The molecule has 2 aliphatic carbocycles. The van der Waals surface area contributed by atoms with E-state index in [9.17, 15) is 0 Å². The van der Waals surface area contributed by atoms with Crippen LogP contribution in [0, 0.1) is 11.8 Å². The molecule has 3 heteroatoms. The van der Waals surface area contributed by atoms with Crippen molar-refractivity contribution in [2.24, 2.45) is 17.6 Å². The van der Waals surface area contributed by atoms with Gasteiger partial charge in [0.1, 0.15) is 5.82 Å². The molecule has 0 radical (unpaired) electrons. The molecule has 3 atom stereocenters. The third-order valence-electron chi connectivity index (χ3n) is 4.01. The van der Waals surface area contributed by atoms with Crippen molar-refractivity contribution < 1.29 is 0 Å². The maximum atomic E-state index is 5.60. The van der Waals surface area contributed by atoms with Crippen molar-refractivity contribution in [3.63, 3.8) is 0 Å². The molecule has 2 saturated carbocycles. The van der Waals surface area contributed by atoms with Crippen molar-refractivity contribution in [1.82, 2.24) is 9.97 Å². The van der Waals surface area contributed by atoms with Gasteiger partial charge in [0.25, 0.3) is 0 Å². The highest BCUT2D eigenvalue weighted by Crippen LogP contribution is 2.51. The molecular formula is C12H17N3. The van der Waals surface area contributed by atoms with E-state index in [0.717, 1.165) is 23.4 Å². The molecule has 0 aromatic carbocycles. The van der Waals surface area contributed by atoms with Gasteiger partial charge in [0.05, 0.1) is 5.69 Å². The van der Waals surface area contributed by atoms with Crippen LogP contribution in [0.2, 0.25) is 0 Å². The highest BCUT2D eigenvalue weighted by atomic mass is 14.9. The predicted molar refractivity (Wildman–Crippen MR) is 58.1 cm³/mol. The van der Waals surface area contributed by atoms with E-state index in [1.54, 1.807) is 0 Å². The normalized spacial score (nSPS) is 33.5. The molecule has 3 nitrogen and oxygen atoms in total. The molecule has 0 aliphatic heterocycles. The van der Waals surface area contributed by atoms with E-state index in [4.69, 9.17) is 5.73 Å². The molecule has 15 heavy (non-hydrogen) atoms. The lowest BCUT2D eigenvalue weighted by Crippen LogP contribution is -2.13. The fraction of sp³-hybridized carbons (Fsp3) is 0.667. The van der Waals surface area contributed by atoms with Crippen LogP contribution in [0.5, 0.6) is 0 Å². The van der Waals surface area contributed by atoms with Gasteiger partial charge >= 0.3 is 0 Å². The summed E-state index contributed by atoms with van der Waals surface area (Å²) < 4.78 is 0. The standard InChI is InChI=1S/C12H17N3/c13-7-10-3-4-14-12(15-10)11-6-8-1-2-9(11)5-8/h3-4,8-9,11H,1-2,5-7,13H2. The molecule has 0 saturated heterocycles. The molecular weight excluding hydrogens is 186 g/mol. The van der Waals surface area contributed by atoms with Gasteiger partial charge in [-0.3, -0.25) is 0 Å². The molecule has 2 bridgehead atoms. The van der Waals surface area contributed by atoms with Gasteiger partial charge < -0.3 is 5.73 Å². The van der Waals surface area contributed by atoms with Crippen molar-refractivity contribution in [1.29, 1.82) is 0 Å². The van der Waals surface area contributed by atoms with Gasteiger partial charge in [-0.2, -0.15) is 0 Å². The minimum Gasteiger partial charge on any atom is -0.325 e. The third-order valence-corrected chi connectivity index (χ3v) is 4.01. The first-order valence-corrected chi connectivity index (χ1v) is 5.88. The Kier molecular flexibility index (Phi) is 2.20. The molecule has 3 rings (SSSR count). The van der Waals surface area contributed by atoms with E-state index in [0.29, 0.717) is 12.5 Å². The number of nitrogens with two attached hydrogens (primary N) is 1. The number of rotatable bonds is 2. The fourth-order valence-electron chi connectivity index (χ4n) is 3.27. The van der Waals surface area contributed by atoms with E-state index < -0.39 is 0 Å². The summed E-state index contributed by atoms with van der Waals surface area (Å²) in [5, 5.41) is 0. The second-order valence-corrected chi connectivity index (χ2v) is 4.89. The SMILES string of the molecule is NCc1ccnc(C2CC3CCC2C3)n1. The quantitative estimate of drug-likeness (QED) is 0.798. The maximum Gasteiger partial charge on any atom is 0.131 e. The molecule has 3 unspecified atom stereocenters. The first-order valence-electron chi connectivity index (χ1n) is 5.88. The van der Waals surface area contributed by atoms with Crippen LogP contribution in [-0.4, -0.2) is 9.97 Å². The summed E-state index contributed by atoms with van der Waals surface area (Å²) >= 11 is 0. The van der Waals surface area contributed by atoms with Gasteiger partial charge in [0, 0.05) is 18.7 Å². The number of hydrogen-bond donors (Lipinski definition) is 1. The lowest BCUT2D eigenvalue weighted by atomic mass is 9.88. The van der Waals surface area contributed by atoms with Gasteiger partial charge in [0.15, 0.2) is 0 Å². The van der Waals surface area contributed by atoms with Crippen LogP contribution in [0.15, 0.2) is 12.3 Å². The van der Waals surface area contributed by atoms with Crippen molar-refractivity contribution in [2.45, 2.75) is 38.1 Å². The molecule has 1 aromatic rings. The summed E-state index contributed by atoms with van der Waals surface area (Å²) in [6.45, 7) is 0.524. The Balaban J connectivity index is 1.86. The summed E-state index contributed by atoms with van der Waals surface area (Å²) in [6, 6.07) is 1.91. The van der Waals surface area contributed by atoms with E-state index in [2.05, 4.69) is 9.97 Å². The minimum atomic E-state index is 0.524. The average molecular weight is 203 g/mol. The Morgan fingerprint density at radius 2 is 2.27 bits per heavy atom. The van der Waals surface area contributed by atoms with Crippen LogP contribution >= 0.6 is 0 Å². The zero-order chi connectivity index (χ0) is 10.3. The topological polar surface area (TPSA) is 51.8 Å². The van der Waals surface area contributed by atoms with E-state index in [-0.39, 0.29) is 0 Å². The molecule has 0 spiro atoms. The van der Waals surface area contributed by atoms with Crippen LogP contribution < -0.4 is 5.73 Å². The number of nitrogens with zero attached hydrogens (tertiary/aromatic N) is 2. The molecule has 2 fully saturated rings. The highest BCUT2D eigenvalue weighted by molar-refractivity contribution is 5.10. The van der Waals surface area contributed by atoms with Crippen LogP contribution in [0.3, 0.4) is 0 Å². The minimum absolute atomic E-state index is 0.524. The molecule has 2 aliphatic rings. The molecule has 2 N–H and O–H groups in total. The first-order chi connectivity index (χ1) is 7.36. The van der Waals surface area contributed by atoms with E-state index in [1.165, 1.54) is 25.7 Å². The Labute approximate surface area is 90.1 Å². The second kappa shape index (κ2) is 3.56. The largest absolute Gasteiger partial charge is 0.325 e. The summed E-state index contributed by atoms with van der Waals surface area (Å²) in [7, 11) is 0. The monoisotopic (exact) mass is 203 g/mol. The van der Waals surface area contributed by atoms with E-state index in [1.807, 2.05) is 12.3 Å². The Hall–Kier alpha value is -0.960. The molecule has 1 aromatic heterocycles. The third kappa shape index (κ3) is 1.55. The smallest absolute Gasteiger partial charge is 0.131 e. The summed E-state index contributed by atoms with van der Waals surface area (Å²) in [5.74, 6) is 3.47. The van der Waals surface area contributed by atoms with Crippen LogP contribution in [-0.2, 0) is 6.54 Å². The number of aromatic nitrogens is 2. The highest BCUT2D eigenvalue weighted by Gasteiger charge is 2.41. The van der Waals surface area contributed by atoms with E-state index >= 15 is 0 Å². The molecule has 80 valence electrons. The number of hydrogen-bond acceptors (Lipinski definition) is 3.